The molecule has 0 aromatic carbocycles. The smallest absolute Gasteiger partial charge is 0.394 e. The Morgan fingerprint density at radius 2 is 1.91 bits per heavy atom. The van der Waals surface area contributed by atoms with Crippen LogP contribution in [0.25, 0.3) is 0 Å². The van der Waals surface area contributed by atoms with Gasteiger partial charge in [-0.25, -0.2) is 9.59 Å². The maximum absolute atomic E-state index is 10.1. The molecule has 7 heteroatoms. The average Bonchev–Trinajstić information content (AvgIpc) is 2.33. The van der Waals surface area contributed by atoms with Crippen molar-refractivity contribution in [1.29, 1.82) is 0 Å². The summed E-state index contributed by atoms with van der Waals surface area (Å²) in [6.07, 6.45) is 0. The molecule has 0 bridgehead atoms. The predicted molar refractivity (Wildman–Crippen MR) is 28.2 cm³/mol. The summed E-state index contributed by atoms with van der Waals surface area (Å²) in [5.74, 6) is -4.28. The van der Waals surface area contributed by atoms with E-state index in [0.717, 1.165) is 0 Å². The van der Waals surface area contributed by atoms with Crippen molar-refractivity contribution in [2.24, 2.45) is 0 Å². The minimum atomic E-state index is -1.45. The van der Waals surface area contributed by atoms with Crippen LogP contribution in [0.15, 0.2) is 4.52 Å². The van der Waals surface area contributed by atoms with Crippen molar-refractivity contribution in [2.75, 3.05) is 0 Å². The molecule has 0 saturated heterocycles. The summed E-state index contributed by atoms with van der Waals surface area (Å²) in [6.45, 7) is 0. The first-order valence-electron chi connectivity index (χ1n) is 2.41. The highest BCUT2D eigenvalue weighted by atomic mass is 16.5. The molecule has 0 atom stereocenters. The van der Waals surface area contributed by atoms with Crippen LogP contribution in [-0.4, -0.2) is 32.3 Å². The predicted octanol–water partition coefficient (Wildman–Crippen LogP) is -0.534. The van der Waals surface area contributed by atoms with Gasteiger partial charge in [0.25, 0.3) is 5.82 Å². The number of carboxylic acids is 2. The molecule has 1 rings (SSSR count). The summed E-state index contributed by atoms with van der Waals surface area (Å²) in [6, 6.07) is 0. The standard InChI is InChI=1S/C4H2N2O5/c7-3(8)1-5-2(4(9)10)11-6-1/h(H,7,8)(H,9,10). The number of aromatic nitrogens is 2. The Kier molecular flexibility index (Phi) is 1.55. The lowest BCUT2D eigenvalue weighted by Crippen LogP contribution is -2.01. The Balaban J connectivity index is 2.99. The van der Waals surface area contributed by atoms with E-state index in [0.29, 0.717) is 0 Å². The van der Waals surface area contributed by atoms with Crippen LogP contribution in [-0.2, 0) is 0 Å². The third-order valence-corrected chi connectivity index (χ3v) is 0.800. The molecule has 0 spiro atoms. The molecule has 1 aromatic heterocycles. The van der Waals surface area contributed by atoms with E-state index in [1.165, 1.54) is 0 Å². The lowest BCUT2D eigenvalue weighted by Gasteiger charge is -1.76. The zero-order valence-electron chi connectivity index (χ0n) is 5.01. The Morgan fingerprint density at radius 1 is 1.27 bits per heavy atom. The number of rotatable bonds is 2. The van der Waals surface area contributed by atoms with Crippen molar-refractivity contribution in [3.8, 4) is 0 Å². The lowest BCUT2D eigenvalue weighted by atomic mass is 10.6. The lowest BCUT2D eigenvalue weighted by molar-refractivity contribution is 0.0639. The van der Waals surface area contributed by atoms with Gasteiger partial charge in [0.2, 0.25) is 0 Å². The molecular weight excluding hydrogens is 156 g/mol. The second-order valence-corrected chi connectivity index (χ2v) is 1.53. The summed E-state index contributed by atoms with van der Waals surface area (Å²) >= 11 is 0. The summed E-state index contributed by atoms with van der Waals surface area (Å²) in [5.41, 5.74) is 0. The summed E-state index contributed by atoms with van der Waals surface area (Å²) in [5, 5.41) is 19.3. The number of hydrogen-bond acceptors (Lipinski definition) is 5. The largest absolute Gasteiger partial charge is 0.475 e. The Morgan fingerprint density at radius 3 is 2.18 bits per heavy atom. The van der Waals surface area contributed by atoms with Crippen LogP contribution >= 0.6 is 0 Å². The molecule has 0 fully saturated rings. The molecule has 0 aliphatic heterocycles. The van der Waals surface area contributed by atoms with Crippen molar-refractivity contribution < 1.29 is 24.3 Å². The molecule has 7 nitrogen and oxygen atoms in total. The van der Waals surface area contributed by atoms with E-state index in [4.69, 9.17) is 10.2 Å². The van der Waals surface area contributed by atoms with Crippen molar-refractivity contribution in [1.82, 2.24) is 10.1 Å². The fourth-order valence-electron chi connectivity index (χ4n) is 0.397. The van der Waals surface area contributed by atoms with Gasteiger partial charge < -0.3 is 14.7 Å². The van der Waals surface area contributed by atoms with Crippen LogP contribution in [0.4, 0.5) is 0 Å². The summed E-state index contributed by atoms with van der Waals surface area (Å²) in [7, 11) is 0. The maximum atomic E-state index is 10.1. The minimum Gasteiger partial charge on any atom is -0.475 e. The SMILES string of the molecule is O=C(O)c1noc(C(=O)O)n1. The van der Waals surface area contributed by atoms with Gasteiger partial charge in [-0.15, -0.1) is 0 Å². The number of aromatic carboxylic acids is 2. The second kappa shape index (κ2) is 2.37. The molecular formula is C4H2N2O5. The average molecular weight is 158 g/mol. The Bertz CT molecular complexity index is 275. The van der Waals surface area contributed by atoms with E-state index in [1.54, 1.807) is 0 Å². The molecule has 1 aromatic rings. The van der Waals surface area contributed by atoms with Gasteiger partial charge in [-0.05, 0) is 5.16 Å². The van der Waals surface area contributed by atoms with Gasteiger partial charge in [-0.1, -0.05) is 0 Å². The van der Waals surface area contributed by atoms with E-state index < -0.39 is 23.7 Å². The second-order valence-electron chi connectivity index (χ2n) is 1.53. The van der Waals surface area contributed by atoms with Gasteiger partial charge in [-0.3, -0.25) is 0 Å². The van der Waals surface area contributed by atoms with Crippen molar-refractivity contribution in [3.05, 3.63) is 11.7 Å². The van der Waals surface area contributed by atoms with Gasteiger partial charge in [0.05, 0.1) is 0 Å². The molecule has 0 aliphatic carbocycles. The van der Waals surface area contributed by atoms with Crippen LogP contribution in [0.2, 0.25) is 0 Å². The minimum absolute atomic E-state index is 0.664. The van der Waals surface area contributed by atoms with Gasteiger partial charge in [0.1, 0.15) is 0 Å². The van der Waals surface area contributed by atoms with Crippen LogP contribution in [0, 0.1) is 0 Å². The quantitative estimate of drug-likeness (QED) is 0.594. The van der Waals surface area contributed by atoms with E-state index in [1.807, 2.05) is 0 Å². The maximum Gasteiger partial charge on any atom is 0.394 e. The molecule has 0 unspecified atom stereocenters. The molecule has 0 saturated carbocycles. The van der Waals surface area contributed by atoms with Crippen LogP contribution in [0.1, 0.15) is 21.3 Å². The van der Waals surface area contributed by atoms with Crippen LogP contribution in [0.5, 0.6) is 0 Å². The molecule has 11 heavy (non-hydrogen) atoms. The number of carboxylic acid groups (broad SMARTS) is 2. The number of nitrogens with zero attached hydrogens (tertiary/aromatic N) is 2. The van der Waals surface area contributed by atoms with Crippen molar-refractivity contribution in [2.45, 2.75) is 0 Å². The highest BCUT2D eigenvalue weighted by Crippen LogP contribution is 1.95. The summed E-state index contributed by atoms with van der Waals surface area (Å²) in [4.78, 5) is 23.1. The van der Waals surface area contributed by atoms with Crippen LogP contribution in [0.3, 0.4) is 0 Å². The Hall–Kier alpha value is -1.92. The van der Waals surface area contributed by atoms with Crippen LogP contribution < -0.4 is 0 Å². The molecule has 0 amide bonds. The molecule has 0 aliphatic rings. The monoisotopic (exact) mass is 158 g/mol. The highest BCUT2D eigenvalue weighted by molar-refractivity contribution is 5.86. The molecule has 58 valence electrons. The van der Waals surface area contributed by atoms with Crippen molar-refractivity contribution in [3.63, 3.8) is 0 Å². The third-order valence-electron chi connectivity index (χ3n) is 0.800. The first kappa shape index (κ1) is 7.19. The Labute approximate surface area is 59.3 Å². The molecule has 1 heterocycles. The van der Waals surface area contributed by atoms with Gasteiger partial charge in [-0.2, -0.15) is 4.98 Å². The fourth-order valence-corrected chi connectivity index (χ4v) is 0.397. The molecule has 0 radical (unpaired) electrons. The van der Waals surface area contributed by atoms with Crippen molar-refractivity contribution >= 4 is 11.9 Å². The zero-order chi connectivity index (χ0) is 8.43. The normalized spacial score (nSPS) is 9.45. The van der Waals surface area contributed by atoms with Gasteiger partial charge >= 0.3 is 17.8 Å². The topological polar surface area (TPSA) is 114 Å². The zero-order valence-corrected chi connectivity index (χ0v) is 5.01. The third kappa shape index (κ3) is 1.31. The first-order chi connectivity index (χ1) is 5.11. The van der Waals surface area contributed by atoms with E-state index >= 15 is 0 Å². The van der Waals surface area contributed by atoms with E-state index in [2.05, 4.69) is 14.7 Å². The van der Waals surface area contributed by atoms with E-state index in [-0.39, 0.29) is 0 Å². The fraction of sp³-hybridized carbons (Fsp3) is 0. The van der Waals surface area contributed by atoms with E-state index in [9.17, 15) is 9.59 Å². The number of hydrogen-bond donors (Lipinski definition) is 2. The summed E-state index contributed by atoms with van der Waals surface area (Å²) < 4.78 is 4.05. The first-order valence-corrected chi connectivity index (χ1v) is 2.41. The molecule has 2 N–H and O–H groups in total. The highest BCUT2D eigenvalue weighted by Gasteiger charge is 2.17. The van der Waals surface area contributed by atoms with Gasteiger partial charge in [0.15, 0.2) is 0 Å². The van der Waals surface area contributed by atoms with Gasteiger partial charge in [0, 0.05) is 0 Å². The number of carbonyl (C=O) groups is 2.